The van der Waals surface area contributed by atoms with E-state index in [1.54, 1.807) is 48.9 Å². The van der Waals surface area contributed by atoms with Gasteiger partial charge in [-0.25, -0.2) is 15.0 Å². The van der Waals surface area contributed by atoms with Gasteiger partial charge in [0, 0.05) is 29.7 Å². The van der Waals surface area contributed by atoms with Crippen LogP contribution in [0.2, 0.25) is 5.02 Å². The molecule has 11 heteroatoms. The van der Waals surface area contributed by atoms with Crippen LogP contribution in [0.3, 0.4) is 0 Å². The first-order chi connectivity index (χ1) is 17.3. The highest BCUT2D eigenvalue weighted by Gasteiger charge is 2.33. The lowest BCUT2D eigenvalue weighted by atomic mass is 10.2. The summed E-state index contributed by atoms with van der Waals surface area (Å²) in [5, 5.41) is -0.384. The summed E-state index contributed by atoms with van der Waals surface area (Å²) in [6, 6.07) is 12.0. The van der Waals surface area contributed by atoms with Crippen LogP contribution in [0.4, 0.5) is 13.2 Å². The van der Waals surface area contributed by atoms with E-state index in [0.29, 0.717) is 17.4 Å². The Kier molecular flexibility index (Phi) is 6.19. The summed E-state index contributed by atoms with van der Waals surface area (Å²) < 4.78 is 52.5. The molecule has 0 fully saturated rings. The third-order valence-corrected chi connectivity index (χ3v) is 5.61. The van der Waals surface area contributed by atoms with Crippen molar-refractivity contribution in [3.05, 3.63) is 95.3 Å². The number of ether oxygens (including phenoxy) is 2. The van der Waals surface area contributed by atoms with Crippen LogP contribution in [0.15, 0.2) is 73.4 Å². The number of imidazole rings is 1. The van der Waals surface area contributed by atoms with Crippen LogP contribution in [-0.4, -0.2) is 24.3 Å². The first-order valence-electron chi connectivity index (χ1n) is 10.6. The summed E-state index contributed by atoms with van der Waals surface area (Å²) in [7, 11) is 0. The molecule has 3 aromatic heterocycles. The molecule has 182 valence electrons. The summed E-state index contributed by atoms with van der Waals surface area (Å²) in [5.41, 5.74) is 2.38. The standard InChI is InChI=1S/C25H17ClF3N5O2/c1-15-8-23(33-24-32-12-22(34(15)24)17-10-30-14-31-11-17)35-13-16-2-4-18(5-3-16)36-19-6-7-21(26)20(9-19)25(27,28)29/h2-12,14H,13H2,1H3. The third kappa shape index (κ3) is 4.94. The molecule has 0 amide bonds. The minimum atomic E-state index is -4.57. The van der Waals surface area contributed by atoms with E-state index in [4.69, 9.17) is 21.1 Å². The number of aromatic nitrogens is 5. The van der Waals surface area contributed by atoms with Gasteiger partial charge >= 0.3 is 6.18 Å². The first-order valence-corrected chi connectivity index (χ1v) is 11.0. The van der Waals surface area contributed by atoms with Crippen molar-refractivity contribution in [2.75, 3.05) is 0 Å². The molecule has 0 atom stereocenters. The quantitative estimate of drug-likeness (QED) is 0.258. The highest BCUT2D eigenvalue weighted by Crippen LogP contribution is 2.37. The van der Waals surface area contributed by atoms with Crippen molar-refractivity contribution in [3.8, 4) is 28.6 Å². The zero-order valence-electron chi connectivity index (χ0n) is 18.7. The van der Waals surface area contributed by atoms with Crippen molar-refractivity contribution in [1.82, 2.24) is 24.3 Å². The van der Waals surface area contributed by atoms with E-state index in [2.05, 4.69) is 19.9 Å². The number of hydrogen-bond acceptors (Lipinski definition) is 6. The summed E-state index contributed by atoms with van der Waals surface area (Å²) in [5.74, 6) is 1.29. The number of aryl methyl sites for hydroxylation is 1. The van der Waals surface area contributed by atoms with Crippen LogP contribution in [0.1, 0.15) is 16.8 Å². The summed E-state index contributed by atoms with van der Waals surface area (Å²) in [6.07, 6.45) is 2.01. The second kappa shape index (κ2) is 9.46. The van der Waals surface area contributed by atoms with E-state index in [1.807, 2.05) is 11.3 Å². The molecule has 0 unspecified atom stereocenters. The molecule has 0 radical (unpaired) electrons. The van der Waals surface area contributed by atoms with Gasteiger partial charge in [0.2, 0.25) is 11.7 Å². The largest absolute Gasteiger partial charge is 0.473 e. The molecule has 5 rings (SSSR count). The Morgan fingerprint density at radius 2 is 1.67 bits per heavy atom. The summed E-state index contributed by atoms with van der Waals surface area (Å²) >= 11 is 5.66. The monoisotopic (exact) mass is 511 g/mol. The molecule has 0 aliphatic carbocycles. The average Bonchev–Trinajstić information content (AvgIpc) is 3.29. The molecule has 0 bridgehead atoms. The van der Waals surface area contributed by atoms with Gasteiger partial charge in [0.25, 0.3) is 0 Å². The van der Waals surface area contributed by atoms with E-state index in [-0.39, 0.29) is 17.4 Å². The molecule has 7 nitrogen and oxygen atoms in total. The van der Waals surface area contributed by atoms with Crippen LogP contribution in [0.25, 0.3) is 17.0 Å². The molecular formula is C25H17ClF3N5O2. The predicted octanol–water partition coefficient (Wildman–Crippen LogP) is 6.54. The van der Waals surface area contributed by atoms with Crippen LogP contribution in [-0.2, 0) is 12.8 Å². The van der Waals surface area contributed by atoms with Gasteiger partial charge in [0.05, 0.1) is 22.5 Å². The molecule has 0 N–H and O–H groups in total. The van der Waals surface area contributed by atoms with Crippen molar-refractivity contribution in [1.29, 1.82) is 0 Å². The molecule has 3 heterocycles. The van der Waals surface area contributed by atoms with E-state index in [9.17, 15) is 13.2 Å². The second-order valence-electron chi connectivity index (χ2n) is 7.82. The fourth-order valence-corrected chi connectivity index (χ4v) is 3.81. The summed E-state index contributed by atoms with van der Waals surface area (Å²) in [6.45, 7) is 2.14. The molecule has 0 saturated heterocycles. The fraction of sp³-hybridized carbons (Fsp3) is 0.120. The molecule has 2 aromatic carbocycles. The minimum absolute atomic E-state index is 0.0323. The lowest BCUT2D eigenvalue weighted by Gasteiger charge is -2.12. The van der Waals surface area contributed by atoms with Gasteiger partial charge in [-0.1, -0.05) is 23.7 Å². The molecular weight excluding hydrogens is 495 g/mol. The number of alkyl halides is 3. The minimum Gasteiger partial charge on any atom is -0.473 e. The van der Waals surface area contributed by atoms with Gasteiger partial charge in [-0.05, 0) is 42.8 Å². The van der Waals surface area contributed by atoms with Gasteiger partial charge < -0.3 is 9.47 Å². The van der Waals surface area contributed by atoms with Gasteiger partial charge in [-0.2, -0.15) is 18.2 Å². The van der Waals surface area contributed by atoms with Crippen LogP contribution in [0.5, 0.6) is 17.4 Å². The van der Waals surface area contributed by atoms with Crippen LogP contribution >= 0.6 is 11.6 Å². The van der Waals surface area contributed by atoms with Crippen molar-refractivity contribution in [3.63, 3.8) is 0 Å². The third-order valence-electron chi connectivity index (χ3n) is 5.28. The number of rotatable bonds is 6. The SMILES string of the molecule is Cc1cc(OCc2ccc(Oc3ccc(Cl)c(C(F)(F)F)c3)cc2)nc2ncc(-c3cncnc3)n12. The van der Waals surface area contributed by atoms with Crippen LogP contribution in [0, 0.1) is 6.92 Å². The molecule has 0 aliphatic heterocycles. The Morgan fingerprint density at radius 1 is 0.944 bits per heavy atom. The maximum absolute atomic E-state index is 13.1. The first kappa shape index (κ1) is 23.6. The normalized spacial score (nSPS) is 11.6. The number of nitrogens with zero attached hydrogens (tertiary/aromatic N) is 5. The van der Waals surface area contributed by atoms with Gasteiger partial charge in [0.1, 0.15) is 24.4 Å². The zero-order chi connectivity index (χ0) is 25.3. The second-order valence-corrected chi connectivity index (χ2v) is 8.22. The topological polar surface area (TPSA) is 74.4 Å². The van der Waals surface area contributed by atoms with Crippen molar-refractivity contribution < 1.29 is 22.6 Å². The molecule has 0 spiro atoms. The lowest BCUT2D eigenvalue weighted by molar-refractivity contribution is -0.137. The predicted molar refractivity (Wildman–Crippen MR) is 126 cm³/mol. The van der Waals surface area contributed by atoms with Crippen molar-refractivity contribution >= 4 is 17.4 Å². The fourth-order valence-electron chi connectivity index (χ4n) is 3.58. The smallest absolute Gasteiger partial charge is 0.417 e. The Morgan fingerprint density at radius 3 is 2.39 bits per heavy atom. The van der Waals surface area contributed by atoms with E-state index in [1.165, 1.54) is 12.4 Å². The molecule has 0 aliphatic rings. The van der Waals surface area contributed by atoms with E-state index >= 15 is 0 Å². The lowest BCUT2D eigenvalue weighted by Crippen LogP contribution is -2.05. The van der Waals surface area contributed by atoms with E-state index < -0.39 is 11.7 Å². The maximum atomic E-state index is 13.1. The Labute approximate surface area is 208 Å². The van der Waals surface area contributed by atoms with Crippen molar-refractivity contribution in [2.24, 2.45) is 0 Å². The molecule has 36 heavy (non-hydrogen) atoms. The highest BCUT2D eigenvalue weighted by molar-refractivity contribution is 6.31. The average molecular weight is 512 g/mol. The number of halogens is 4. The zero-order valence-corrected chi connectivity index (χ0v) is 19.5. The van der Waals surface area contributed by atoms with E-state index in [0.717, 1.165) is 34.6 Å². The summed E-state index contributed by atoms with van der Waals surface area (Å²) in [4.78, 5) is 16.9. The maximum Gasteiger partial charge on any atom is 0.417 e. The van der Waals surface area contributed by atoms with Gasteiger partial charge in [-0.3, -0.25) is 4.40 Å². The Hall–Kier alpha value is -4.18. The highest BCUT2D eigenvalue weighted by atomic mass is 35.5. The number of benzene rings is 2. The van der Waals surface area contributed by atoms with Gasteiger partial charge in [-0.15, -0.1) is 0 Å². The van der Waals surface area contributed by atoms with Gasteiger partial charge in [0.15, 0.2) is 0 Å². The van der Waals surface area contributed by atoms with Crippen molar-refractivity contribution in [2.45, 2.75) is 19.7 Å². The Balaban J connectivity index is 1.27. The number of fused-ring (bicyclic) bond motifs is 1. The molecule has 5 aromatic rings. The Bertz CT molecular complexity index is 1520. The number of hydrogen-bond donors (Lipinski definition) is 0. The van der Waals surface area contributed by atoms with Crippen LogP contribution < -0.4 is 9.47 Å². The molecule has 0 saturated carbocycles.